The molecule has 0 saturated carbocycles. The summed E-state index contributed by atoms with van der Waals surface area (Å²) in [7, 11) is 1.56. The van der Waals surface area contributed by atoms with Crippen molar-refractivity contribution >= 4 is 34.4 Å². The Hall–Kier alpha value is -2.29. The lowest BCUT2D eigenvalue weighted by atomic mass is 9.99. The summed E-state index contributed by atoms with van der Waals surface area (Å²) < 4.78 is 11.4. The second kappa shape index (κ2) is 10.1. The van der Waals surface area contributed by atoms with Crippen molar-refractivity contribution in [1.29, 1.82) is 0 Å². The summed E-state index contributed by atoms with van der Waals surface area (Å²) in [5.41, 5.74) is 6.36. The highest BCUT2D eigenvalue weighted by atomic mass is 127. The molecule has 0 aromatic heterocycles. The van der Waals surface area contributed by atoms with Gasteiger partial charge in [-0.2, -0.15) is 0 Å². The first-order chi connectivity index (χ1) is 12.9. The van der Waals surface area contributed by atoms with Crippen molar-refractivity contribution in [1.82, 2.24) is 10.9 Å². The van der Waals surface area contributed by atoms with Gasteiger partial charge in [-0.1, -0.05) is 26.0 Å². The molecular weight excluding hydrogens is 459 g/mol. The predicted molar refractivity (Wildman–Crippen MR) is 112 cm³/mol. The molecule has 0 bridgehead atoms. The number of methoxy groups -OCH3 is 1. The third kappa shape index (κ3) is 6.13. The Morgan fingerprint density at radius 3 is 2.41 bits per heavy atom. The smallest absolute Gasteiger partial charge is 0.276 e. The number of rotatable bonds is 7. The SMILES string of the molecule is CCC(C)c1ccc(OCC(=O)NNC(=O)c2ccc(OC)c(I)c2)cc1. The van der Waals surface area contributed by atoms with Crippen LogP contribution in [0.15, 0.2) is 42.5 Å². The van der Waals surface area contributed by atoms with Crippen molar-refractivity contribution in [3.63, 3.8) is 0 Å². The maximum Gasteiger partial charge on any atom is 0.276 e. The van der Waals surface area contributed by atoms with Gasteiger partial charge in [-0.3, -0.25) is 20.4 Å². The van der Waals surface area contributed by atoms with Crippen LogP contribution < -0.4 is 20.3 Å². The second-order valence-electron chi connectivity index (χ2n) is 6.02. The molecule has 1 unspecified atom stereocenters. The first kappa shape index (κ1) is 21.0. The number of carbonyl (C=O) groups excluding carboxylic acids is 2. The fourth-order valence-corrected chi connectivity index (χ4v) is 3.06. The molecule has 2 aromatic rings. The van der Waals surface area contributed by atoms with Gasteiger partial charge in [-0.25, -0.2) is 0 Å². The average molecular weight is 482 g/mol. The van der Waals surface area contributed by atoms with Gasteiger partial charge in [0.05, 0.1) is 10.7 Å². The van der Waals surface area contributed by atoms with Gasteiger partial charge < -0.3 is 9.47 Å². The number of benzene rings is 2. The zero-order valence-electron chi connectivity index (χ0n) is 15.5. The van der Waals surface area contributed by atoms with Crippen LogP contribution in [0.2, 0.25) is 0 Å². The van der Waals surface area contributed by atoms with Crippen LogP contribution in [0.1, 0.15) is 42.1 Å². The Balaban J connectivity index is 1.80. The highest BCUT2D eigenvalue weighted by Gasteiger charge is 2.10. The van der Waals surface area contributed by atoms with E-state index in [1.807, 2.05) is 24.3 Å². The molecule has 2 rings (SSSR count). The normalized spacial score (nSPS) is 11.4. The molecule has 0 heterocycles. The second-order valence-corrected chi connectivity index (χ2v) is 7.18. The molecule has 2 N–H and O–H groups in total. The number of hydrogen-bond donors (Lipinski definition) is 2. The minimum absolute atomic E-state index is 0.191. The van der Waals surface area contributed by atoms with Crippen molar-refractivity contribution in [3.05, 3.63) is 57.2 Å². The molecule has 27 heavy (non-hydrogen) atoms. The summed E-state index contributed by atoms with van der Waals surface area (Å²) in [4.78, 5) is 24.0. The van der Waals surface area contributed by atoms with Crippen LogP contribution in [0.4, 0.5) is 0 Å². The Kier molecular flexibility index (Phi) is 7.90. The van der Waals surface area contributed by atoms with E-state index in [0.717, 1.165) is 9.99 Å². The first-order valence-electron chi connectivity index (χ1n) is 8.60. The van der Waals surface area contributed by atoms with Gasteiger partial charge in [-0.15, -0.1) is 0 Å². The topological polar surface area (TPSA) is 76.7 Å². The molecule has 0 radical (unpaired) electrons. The van der Waals surface area contributed by atoms with Gasteiger partial charge in [-0.05, 0) is 70.8 Å². The lowest BCUT2D eigenvalue weighted by Crippen LogP contribution is -2.43. The number of halogens is 1. The summed E-state index contributed by atoms with van der Waals surface area (Å²) in [6.45, 7) is 4.11. The van der Waals surface area contributed by atoms with Crippen LogP contribution >= 0.6 is 22.6 Å². The van der Waals surface area contributed by atoms with Gasteiger partial charge in [0.2, 0.25) is 0 Å². The van der Waals surface area contributed by atoms with E-state index in [1.54, 1.807) is 25.3 Å². The molecule has 0 aliphatic carbocycles. The average Bonchev–Trinajstić information content (AvgIpc) is 2.70. The Morgan fingerprint density at radius 1 is 1.11 bits per heavy atom. The monoisotopic (exact) mass is 482 g/mol. The van der Waals surface area contributed by atoms with E-state index in [9.17, 15) is 9.59 Å². The number of ether oxygens (including phenoxy) is 2. The van der Waals surface area contributed by atoms with Crippen LogP contribution in [0, 0.1) is 3.57 Å². The van der Waals surface area contributed by atoms with Gasteiger partial charge in [0, 0.05) is 5.56 Å². The molecule has 0 fully saturated rings. The third-order valence-corrected chi connectivity index (χ3v) is 5.00. The van der Waals surface area contributed by atoms with Crippen molar-refractivity contribution < 1.29 is 19.1 Å². The lowest BCUT2D eigenvalue weighted by molar-refractivity contribution is -0.123. The van der Waals surface area contributed by atoms with Gasteiger partial charge in [0.15, 0.2) is 6.61 Å². The zero-order chi connectivity index (χ0) is 19.8. The van der Waals surface area contributed by atoms with E-state index < -0.39 is 11.8 Å². The summed E-state index contributed by atoms with van der Waals surface area (Å²) in [6.07, 6.45) is 1.07. The largest absolute Gasteiger partial charge is 0.496 e. The highest BCUT2D eigenvalue weighted by molar-refractivity contribution is 14.1. The number of carbonyl (C=O) groups is 2. The van der Waals surface area contributed by atoms with Crippen molar-refractivity contribution in [2.75, 3.05) is 13.7 Å². The minimum atomic E-state index is -0.447. The van der Waals surface area contributed by atoms with E-state index in [0.29, 0.717) is 23.0 Å². The van der Waals surface area contributed by atoms with Gasteiger partial charge >= 0.3 is 0 Å². The van der Waals surface area contributed by atoms with Crippen LogP contribution in [0.5, 0.6) is 11.5 Å². The van der Waals surface area contributed by atoms with E-state index in [2.05, 4.69) is 47.3 Å². The van der Waals surface area contributed by atoms with Crippen molar-refractivity contribution in [2.45, 2.75) is 26.2 Å². The van der Waals surface area contributed by atoms with Crippen LogP contribution in [-0.2, 0) is 4.79 Å². The van der Waals surface area contributed by atoms with E-state index >= 15 is 0 Å². The Morgan fingerprint density at radius 2 is 1.81 bits per heavy atom. The molecule has 7 heteroatoms. The van der Waals surface area contributed by atoms with E-state index in [-0.39, 0.29) is 6.61 Å². The zero-order valence-corrected chi connectivity index (χ0v) is 17.7. The summed E-state index contributed by atoms with van der Waals surface area (Å²) in [5.74, 6) is 0.912. The fourth-order valence-electron chi connectivity index (χ4n) is 2.32. The quantitative estimate of drug-likeness (QED) is 0.467. The minimum Gasteiger partial charge on any atom is -0.496 e. The molecule has 0 aliphatic rings. The van der Waals surface area contributed by atoms with Crippen LogP contribution in [0.3, 0.4) is 0 Å². The van der Waals surface area contributed by atoms with Gasteiger partial charge in [0.25, 0.3) is 11.8 Å². The number of hydrazine groups is 1. The molecular formula is C20H23IN2O4. The fraction of sp³-hybridized carbons (Fsp3) is 0.300. The maximum atomic E-state index is 12.1. The molecule has 0 aliphatic heterocycles. The summed E-state index contributed by atoms with van der Waals surface area (Å²) in [5, 5.41) is 0. The number of hydrogen-bond acceptors (Lipinski definition) is 4. The maximum absolute atomic E-state index is 12.1. The molecule has 0 spiro atoms. The summed E-state index contributed by atoms with van der Waals surface area (Å²) in [6, 6.07) is 12.7. The molecule has 1 atom stereocenters. The van der Waals surface area contributed by atoms with Gasteiger partial charge in [0.1, 0.15) is 11.5 Å². The highest BCUT2D eigenvalue weighted by Crippen LogP contribution is 2.22. The summed E-state index contributed by atoms with van der Waals surface area (Å²) >= 11 is 2.08. The molecule has 6 nitrogen and oxygen atoms in total. The lowest BCUT2D eigenvalue weighted by Gasteiger charge is -2.11. The standard InChI is InChI=1S/C20H23IN2O4/c1-4-13(2)14-5-8-16(9-6-14)27-12-19(24)22-23-20(25)15-7-10-18(26-3)17(21)11-15/h5-11,13H,4,12H2,1-3H3,(H,22,24)(H,23,25). The third-order valence-electron chi connectivity index (χ3n) is 4.16. The number of amides is 2. The van der Waals surface area contributed by atoms with Crippen LogP contribution in [0.25, 0.3) is 0 Å². The molecule has 2 amide bonds. The van der Waals surface area contributed by atoms with Crippen molar-refractivity contribution in [2.24, 2.45) is 0 Å². The molecule has 0 saturated heterocycles. The molecule has 2 aromatic carbocycles. The first-order valence-corrected chi connectivity index (χ1v) is 9.68. The Labute approximate surface area is 172 Å². The van der Waals surface area contributed by atoms with E-state index in [1.165, 1.54) is 5.56 Å². The number of nitrogens with one attached hydrogen (secondary N) is 2. The predicted octanol–water partition coefficient (Wildman–Crippen LogP) is 3.65. The molecule has 144 valence electrons. The Bertz CT molecular complexity index is 793. The van der Waals surface area contributed by atoms with E-state index in [4.69, 9.17) is 9.47 Å². The van der Waals surface area contributed by atoms with Crippen molar-refractivity contribution in [3.8, 4) is 11.5 Å². The van der Waals surface area contributed by atoms with Crippen LogP contribution in [-0.4, -0.2) is 25.5 Å².